The Labute approximate surface area is 114 Å². The van der Waals surface area contributed by atoms with Gasteiger partial charge >= 0.3 is 0 Å². The number of hydrogen-bond donors (Lipinski definition) is 0. The van der Waals surface area contributed by atoms with Gasteiger partial charge in [-0.15, -0.1) is 5.10 Å². The van der Waals surface area contributed by atoms with Crippen LogP contribution in [0.3, 0.4) is 0 Å². The number of likely N-dealkylation sites (tertiary alicyclic amines) is 1. The Balaban J connectivity index is 1.77. The molecular weight excluding hydrogens is 272 g/mol. The summed E-state index contributed by atoms with van der Waals surface area (Å²) >= 11 is 7.28. The number of aromatic nitrogens is 3. The topological polar surface area (TPSA) is 55.1 Å². The fourth-order valence-electron chi connectivity index (χ4n) is 2.38. The van der Waals surface area contributed by atoms with Crippen LogP contribution in [-0.4, -0.2) is 26.2 Å². The highest BCUT2D eigenvalue weighted by Gasteiger charge is 2.29. The van der Waals surface area contributed by atoms with Crippen molar-refractivity contribution in [3.8, 4) is 0 Å². The van der Waals surface area contributed by atoms with Gasteiger partial charge in [0.2, 0.25) is 0 Å². The van der Waals surface area contributed by atoms with Crippen molar-refractivity contribution in [3.05, 3.63) is 27.6 Å². The van der Waals surface area contributed by atoms with Gasteiger partial charge in [0.05, 0.1) is 6.04 Å². The van der Waals surface area contributed by atoms with Crippen LogP contribution in [0.4, 0.5) is 0 Å². The molecular formula is C11H13ClN4OS. The Morgan fingerprint density at radius 3 is 3.17 bits per heavy atom. The van der Waals surface area contributed by atoms with Crippen molar-refractivity contribution in [2.75, 3.05) is 6.54 Å². The van der Waals surface area contributed by atoms with Gasteiger partial charge in [0.15, 0.2) is 0 Å². The molecule has 0 N–H and O–H groups in total. The van der Waals surface area contributed by atoms with E-state index in [1.54, 1.807) is 0 Å². The van der Waals surface area contributed by atoms with Crippen LogP contribution in [0.2, 0.25) is 4.34 Å². The lowest BCUT2D eigenvalue weighted by atomic mass is 10.1. The highest BCUT2D eigenvalue weighted by atomic mass is 35.5. The van der Waals surface area contributed by atoms with Gasteiger partial charge < -0.3 is 4.52 Å². The minimum Gasteiger partial charge on any atom is -0.361 e. The molecule has 0 saturated carbocycles. The maximum atomic E-state index is 6.05. The lowest BCUT2D eigenvalue weighted by molar-refractivity contribution is 0.234. The van der Waals surface area contributed by atoms with Gasteiger partial charge in [-0.05, 0) is 26.3 Å². The van der Waals surface area contributed by atoms with Crippen molar-refractivity contribution < 1.29 is 4.52 Å². The Morgan fingerprint density at radius 2 is 2.50 bits per heavy atom. The lowest BCUT2D eigenvalue weighted by Gasteiger charge is -2.21. The minimum absolute atomic E-state index is 0.306. The van der Waals surface area contributed by atoms with E-state index >= 15 is 0 Å². The number of aryl methyl sites for hydroxylation is 1. The molecule has 0 spiro atoms. The van der Waals surface area contributed by atoms with E-state index in [0.717, 1.165) is 43.1 Å². The van der Waals surface area contributed by atoms with Crippen LogP contribution >= 0.6 is 23.1 Å². The number of nitrogens with zero attached hydrogens (tertiary/aromatic N) is 4. The highest BCUT2D eigenvalue weighted by Crippen LogP contribution is 2.33. The summed E-state index contributed by atoms with van der Waals surface area (Å²) in [6, 6.07) is 2.31. The van der Waals surface area contributed by atoms with Crippen LogP contribution in [0.15, 0.2) is 10.6 Å². The van der Waals surface area contributed by atoms with Crippen molar-refractivity contribution in [2.24, 2.45) is 0 Å². The van der Waals surface area contributed by atoms with Crippen LogP contribution in [0.1, 0.15) is 36.0 Å². The molecule has 96 valence electrons. The van der Waals surface area contributed by atoms with Gasteiger partial charge in [0.25, 0.3) is 0 Å². The van der Waals surface area contributed by atoms with E-state index in [-0.39, 0.29) is 0 Å². The largest absolute Gasteiger partial charge is 0.361 e. The van der Waals surface area contributed by atoms with Gasteiger partial charge in [-0.25, -0.2) is 0 Å². The Bertz CT molecular complexity index is 541. The highest BCUT2D eigenvalue weighted by molar-refractivity contribution is 7.10. The van der Waals surface area contributed by atoms with Crippen molar-refractivity contribution in [2.45, 2.75) is 32.4 Å². The maximum absolute atomic E-state index is 6.05. The first-order valence-corrected chi connectivity index (χ1v) is 7.03. The summed E-state index contributed by atoms with van der Waals surface area (Å²) in [6.07, 6.45) is 2.26. The first-order valence-electron chi connectivity index (χ1n) is 5.88. The van der Waals surface area contributed by atoms with E-state index < -0.39 is 0 Å². The van der Waals surface area contributed by atoms with Gasteiger partial charge in [0, 0.05) is 24.1 Å². The molecule has 0 aliphatic carbocycles. The molecule has 0 amide bonds. The first kappa shape index (κ1) is 12.1. The molecule has 3 heterocycles. The Kier molecular flexibility index (Phi) is 3.32. The fourth-order valence-corrected chi connectivity index (χ4v) is 2.99. The van der Waals surface area contributed by atoms with E-state index in [1.165, 1.54) is 11.5 Å². The molecule has 5 nitrogen and oxygen atoms in total. The summed E-state index contributed by atoms with van der Waals surface area (Å²) in [6.45, 7) is 3.67. The van der Waals surface area contributed by atoms with E-state index in [2.05, 4.69) is 19.6 Å². The van der Waals surface area contributed by atoms with Gasteiger partial charge in [-0.3, -0.25) is 4.90 Å². The van der Waals surface area contributed by atoms with Crippen LogP contribution in [-0.2, 0) is 6.54 Å². The molecule has 1 atom stereocenters. The second-order valence-electron chi connectivity index (χ2n) is 4.48. The molecule has 1 aliphatic rings. The van der Waals surface area contributed by atoms with Crippen molar-refractivity contribution in [3.63, 3.8) is 0 Å². The zero-order valence-corrected chi connectivity index (χ0v) is 11.5. The predicted octanol–water partition coefficient (Wildman–Crippen LogP) is 2.83. The summed E-state index contributed by atoms with van der Waals surface area (Å²) in [7, 11) is 0. The van der Waals surface area contributed by atoms with Crippen molar-refractivity contribution in [1.29, 1.82) is 0 Å². The van der Waals surface area contributed by atoms with Crippen LogP contribution in [0.25, 0.3) is 0 Å². The Morgan fingerprint density at radius 1 is 1.61 bits per heavy atom. The normalized spacial score (nSPS) is 20.7. The predicted molar refractivity (Wildman–Crippen MR) is 68.5 cm³/mol. The summed E-state index contributed by atoms with van der Waals surface area (Å²) in [5.41, 5.74) is 1.86. The summed E-state index contributed by atoms with van der Waals surface area (Å²) < 4.78 is 9.70. The molecule has 0 unspecified atom stereocenters. The summed E-state index contributed by atoms with van der Waals surface area (Å²) in [5.74, 6) is 0.852. The molecule has 3 rings (SSSR count). The number of halogens is 1. The molecule has 1 aliphatic heterocycles. The molecule has 0 radical (unpaired) electrons. The molecule has 2 aromatic heterocycles. The van der Waals surface area contributed by atoms with Crippen molar-refractivity contribution >= 4 is 23.1 Å². The fraction of sp³-hybridized carbons (Fsp3) is 0.545. The number of hydrogen-bond acceptors (Lipinski definition) is 6. The SMILES string of the molecule is Cc1cc([C@@H]2CCCN2Cc2nnsc2Cl)no1. The van der Waals surface area contributed by atoms with E-state index in [0.29, 0.717) is 10.4 Å². The first-order chi connectivity index (χ1) is 8.74. The molecule has 7 heteroatoms. The average molecular weight is 285 g/mol. The monoisotopic (exact) mass is 284 g/mol. The lowest BCUT2D eigenvalue weighted by Crippen LogP contribution is -2.23. The smallest absolute Gasteiger partial charge is 0.138 e. The van der Waals surface area contributed by atoms with Gasteiger partial charge in [0.1, 0.15) is 21.5 Å². The third-order valence-corrected chi connectivity index (χ3v) is 4.20. The number of rotatable bonds is 3. The van der Waals surface area contributed by atoms with Crippen LogP contribution in [0, 0.1) is 6.92 Å². The quantitative estimate of drug-likeness (QED) is 0.867. The molecule has 18 heavy (non-hydrogen) atoms. The molecule has 0 aromatic carbocycles. The zero-order valence-electron chi connectivity index (χ0n) is 9.97. The third-order valence-electron chi connectivity index (χ3n) is 3.21. The van der Waals surface area contributed by atoms with Crippen LogP contribution in [0.5, 0.6) is 0 Å². The third kappa shape index (κ3) is 2.28. The molecule has 1 saturated heterocycles. The maximum Gasteiger partial charge on any atom is 0.138 e. The van der Waals surface area contributed by atoms with Crippen molar-refractivity contribution in [1.82, 2.24) is 19.6 Å². The second kappa shape index (κ2) is 4.95. The van der Waals surface area contributed by atoms with Gasteiger partial charge in [-0.1, -0.05) is 21.2 Å². The zero-order chi connectivity index (χ0) is 12.5. The molecule has 1 fully saturated rings. The minimum atomic E-state index is 0.306. The van der Waals surface area contributed by atoms with E-state index in [1.807, 2.05) is 13.0 Å². The van der Waals surface area contributed by atoms with E-state index in [9.17, 15) is 0 Å². The molecule has 0 bridgehead atoms. The average Bonchev–Trinajstić information content (AvgIpc) is 3.03. The van der Waals surface area contributed by atoms with Crippen LogP contribution < -0.4 is 0 Å². The second-order valence-corrected chi connectivity index (χ2v) is 5.84. The van der Waals surface area contributed by atoms with E-state index in [4.69, 9.17) is 16.1 Å². The molecule has 2 aromatic rings. The summed E-state index contributed by atoms with van der Waals surface area (Å²) in [4.78, 5) is 2.33. The Hall–Kier alpha value is -0.980. The summed E-state index contributed by atoms with van der Waals surface area (Å²) in [5, 5.41) is 8.18. The van der Waals surface area contributed by atoms with Gasteiger partial charge in [-0.2, -0.15) is 0 Å². The standard InChI is InChI=1S/C11H13ClN4OS/c1-7-5-8(14-17-7)10-3-2-4-16(10)6-9-11(12)18-15-13-9/h5,10H,2-4,6H2,1H3/t10-/m0/s1.